The van der Waals surface area contributed by atoms with Crippen LogP contribution in [0.25, 0.3) is 64.6 Å². The maximum atomic E-state index is 4.72. The van der Waals surface area contributed by atoms with E-state index in [-0.39, 0.29) is 0 Å². The van der Waals surface area contributed by atoms with Gasteiger partial charge in [-0.2, -0.15) is 0 Å². The van der Waals surface area contributed by atoms with Crippen molar-refractivity contribution in [2.75, 3.05) is 0 Å². The van der Waals surface area contributed by atoms with E-state index in [9.17, 15) is 0 Å². The van der Waals surface area contributed by atoms with Gasteiger partial charge in [0.05, 0.1) is 33.3 Å². The van der Waals surface area contributed by atoms with Crippen LogP contribution in [0.15, 0.2) is 201 Å². The molecule has 8 heterocycles. The van der Waals surface area contributed by atoms with Crippen LogP contribution >= 0.6 is 22.7 Å². The van der Waals surface area contributed by atoms with Gasteiger partial charge >= 0.3 is 0 Å². The zero-order valence-electron chi connectivity index (χ0n) is 78.2. The molecule has 0 saturated heterocycles. The van der Waals surface area contributed by atoms with Crippen molar-refractivity contribution in [3.8, 4) is 0 Å². The standard InChI is InChI=1S/4C15H19N.C14H18N2.C14H18S.C11H17N.C10H16S/c1-10(2)12-5-6-15-13(7-12)8-14(9-16-15)11(3)4;1-10(2)12-5-6-13-9-16-15(11(3)4)8-14(13)7-12;2*1-10(2)13-6-5-12-7-8-14(11(3)4)16-15(12)9-13;1-9(2)11-5-6-12-13(7-11)16-14(8-15-12)10(3)4;1-9(2)11-5-6-13-12(7-11)8-14(15-13)10(3)4;1-8(2)10-5-11(9(3)4)7-12-6-10;1-7(2)9-5-6-10(11-9)8(3)4/h4*5-11H,1-4H3;5-10H,1-4H3;5-10H,1-4H3;5-9H,1-4H3;5-8H,1-4H3. The predicted molar refractivity (Wildman–Crippen MR) is 522 cm³/mol. The van der Waals surface area contributed by atoms with Gasteiger partial charge in [0.2, 0.25) is 0 Å². The van der Waals surface area contributed by atoms with Gasteiger partial charge in [0, 0.05) is 88.9 Å². The van der Waals surface area contributed by atoms with Gasteiger partial charge in [-0.25, -0.2) is 4.98 Å². The van der Waals surface area contributed by atoms with E-state index in [0.717, 1.165) is 33.3 Å². The zero-order valence-corrected chi connectivity index (χ0v) is 79.9. The van der Waals surface area contributed by atoms with Gasteiger partial charge in [-0.3, -0.25) is 29.9 Å². The van der Waals surface area contributed by atoms with Gasteiger partial charge in [-0.1, -0.05) is 306 Å². The molecular weight excluding hydrogens is 1470 g/mol. The smallest absolute Gasteiger partial charge is 0.0893 e. The highest BCUT2D eigenvalue weighted by atomic mass is 32.1. The average Bonchev–Trinajstić information content (AvgIpc) is 1.83. The normalized spacial score (nSPS) is 11.6. The minimum absolute atomic E-state index is 0.430. The lowest BCUT2D eigenvalue weighted by atomic mass is 9.98. The largest absolute Gasteiger partial charge is 0.264 e. The second-order valence-corrected chi connectivity index (χ2v) is 39.3. The Morgan fingerprint density at radius 2 is 0.525 bits per heavy atom. The molecule has 118 heavy (non-hydrogen) atoms. The Kier molecular flexibility index (Phi) is 37.1. The minimum Gasteiger partial charge on any atom is -0.264 e. The monoisotopic (exact) mass is 1620 g/mol. The highest BCUT2D eigenvalue weighted by Gasteiger charge is 2.14. The van der Waals surface area contributed by atoms with E-state index >= 15 is 0 Å². The van der Waals surface area contributed by atoms with Crippen molar-refractivity contribution in [1.29, 1.82) is 0 Å². The first-order valence-corrected chi connectivity index (χ1v) is 45.8. The van der Waals surface area contributed by atoms with E-state index in [1.54, 1.807) is 0 Å². The Hall–Kier alpha value is -8.89. The lowest BCUT2D eigenvalue weighted by Crippen LogP contribution is -1.96. The van der Waals surface area contributed by atoms with E-state index in [4.69, 9.17) is 9.97 Å². The highest BCUT2D eigenvalue weighted by Crippen LogP contribution is 2.35. The van der Waals surface area contributed by atoms with Crippen LogP contribution in [-0.2, 0) is 0 Å². The van der Waals surface area contributed by atoms with E-state index in [2.05, 4.69) is 416 Å². The summed E-state index contributed by atoms with van der Waals surface area (Å²) < 4.78 is 1.42. The molecule has 0 aliphatic heterocycles. The molecular formula is C109H145N7S2. The molecule has 8 aromatic heterocycles. The van der Waals surface area contributed by atoms with Crippen LogP contribution in [0.2, 0.25) is 0 Å². The first-order valence-electron chi connectivity index (χ1n) is 44.1. The van der Waals surface area contributed by atoms with Crippen molar-refractivity contribution in [3.63, 3.8) is 0 Å². The van der Waals surface area contributed by atoms with Crippen molar-refractivity contribution in [2.24, 2.45) is 0 Å². The number of aromatic nitrogens is 7. The number of pyridine rings is 5. The Morgan fingerprint density at radius 3 is 0.949 bits per heavy atom. The van der Waals surface area contributed by atoms with Gasteiger partial charge in [0.1, 0.15) is 0 Å². The highest BCUT2D eigenvalue weighted by molar-refractivity contribution is 7.19. The Bertz CT molecular complexity index is 4610. The molecule has 0 spiro atoms. The van der Waals surface area contributed by atoms with Crippen molar-refractivity contribution in [2.45, 2.75) is 316 Å². The molecule has 0 saturated carbocycles. The van der Waals surface area contributed by atoms with Crippen molar-refractivity contribution in [1.82, 2.24) is 34.9 Å². The van der Waals surface area contributed by atoms with Crippen LogP contribution in [0.5, 0.6) is 0 Å². The van der Waals surface area contributed by atoms with Crippen molar-refractivity contribution in [3.05, 3.63) is 288 Å². The molecule has 0 N–H and O–H groups in total. The van der Waals surface area contributed by atoms with Gasteiger partial charge in [0.15, 0.2) is 0 Å². The quantitative estimate of drug-likeness (QED) is 0.0952. The second kappa shape index (κ2) is 45.5. The van der Waals surface area contributed by atoms with E-state index in [0.29, 0.717) is 94.7 Å². The lowest BCUT2D eigenvalue weighted by Gasteiger charge is -2.09. The van der Waals surface area contributed by atoms with Crippen LogP contribution in [-0.4, -0.2) is 34.9 Å². The van der Waals surface area contributed by atoms with Crippen molar-refractivity contribution < 1.29 is 0 Å². The molecule has 9 heteroatoms. The molecule has 628 valence electrons. The fourth-order valence-electron chi connectivity index (χ4n) is 12.9. The van der Waals surface area contributed by atoms with Crippen LogP contribution in [0.3, 0.4) is 0 Å². The lowest BCUT2D eigenvalue weighted by molar-refractivity contribution is 0.820. The Labute approximate surface area is 721 Å². The average molecular weight is 1620 g/mol. The molecule has 0 amide bonds. The summed E-state index contributed by atoms with van der Waals surface area (Å²) in [6.45, 7) is 70.7. The molecule has 0 bridgehead atoms. The molecule has 0 radical (unpaired) electrons. The Balaban J connectivity index is 0.000000187. The molecule has 0 unspecified atom stereocenters. The maximum absolute atomic E-state index is 4.72. The molecule has 0 fully saturated rings. The fraction of sp³-hybridized carbons (Fsp3) is 0.440. The number of thiophene rings is 2. The van der Waals surface area contributed by atoms with E-state index in [1.807, 2.05) is 53.7 Å². The van der Waals surface area contributed by atoms with Crippen LogP contribution in [0.1, 0.15) is 404 Å². The number of hydrogen-bond donors (Lipinski definition) is 0. The summed E-state index contributed by atoms with van der Waals surface area (Å²) in [4.78, 5) is 36.2. The number of benzene rings is 6. The van der Waals surface area contributed by atoms with Crippen LogP contribution in [0, 0.1) is 0 Å². The fourth-order valence-corrected chi connectivity index (χ4v) is 14.9. The van der Waals surface area contributed by atoms with Gasteiger partial charge in [-0.15, -0.1) is 22.7 Å². The summed E-state index contributed by atoms with van der Waals surface area (Å²) >= 11 is 3.87. The molecule has 14 aromatic rings. The predicted octanol–water partition coefficient (Wildman–Crippen LogP) is 34.3. The SMILES string of the molecule is CC(C)c1ccc(C(C)C)s1.CC(C)c1ccc2ccc(C(C)C)nc2c1.CC(C)c1ccc2ccc(C(C)C)nc2c1.CC(C)c1ccc2cnc(C(C)C)cc2c1.CC(C)c1ccc2ncc(C(C)C)cc2c1.CC(C)c1ccc2ncc(C(C)C)nc2c1.CC(C)c1ccc2sc(C(C)C)cc2c1.CC(C)c1cncc(C(C)C)c1. The molecule has 0 atom stereocenters. The summed E-state index contributed by atoms with van der Waals surface area (Å²) in [5, 5.41) is 7.67. The topological polar surface area (TPSA) is 90.2 Å². The summed E-state index contributed by atoms with van der Waals surface area (Å²) in [6, 6.07) is 61.7. The number of fused-ring (bicyclic) bond motifs is 6. The summed E-state index contributed by atoms with van der Waals surface area (Å²) in [5.41, 5.74) is 22.2. The summed E-state index contributed by atoms with van der Waals surface area (Å²) in [6.07, 6.45) is 9.76. The maximum Gasteiger partial charge on any atom is 0.0893 e. The zero-order chi connectivity index (χ0) is 87.1. The third-order valence-corrected chi connectivity index (χ3v) is 24.7. The molecule has 6 aromatic carbocycles. The molecule has 0 aliphatic rings. The summed E-state index contributed by atoms with van der Waals surface area (Å²) in [5.74, 6) is 9.07. The third kappa shape index (κ3) is 28.7. The minimum atomic E-state index is 0.430. The summed E-state index contributed by atoms with van der Waals surface area (Å²) in [7, 11) is 0. The Morgan fingerprint density at radius 1 is 0.178 bits per heavy atom. The van der Waals surface area contributed by atoms with Crippen LogP contribution in [0.4, 0.5) is 0 Å². The third-order valence-electron chi connectivity index (χ3n) is 21.6. The number of rotatable bonds is 16. The second-order valence-electron chi connectivity index (χ2n) is 37.1. The molecule has 0 aliphatic carbocycles. The van der Waals surface area contributed by atoms with E-state index in [1.165, 1.54) is 119 Å². The van der Waals surface area contributed by atoms with Gasteiger partial charge < -0.3 is 0 Å². The van der Waals surface area contributed by atoms with Crippen LogP contribution < -0.4 is 0 Å². The molecule has 14 rings (SSSR count). The first-order chi connectivity index (χ1) is 55.7. The van der Waals surface area contributed by atoms with Gasteiger partial charge in [-0.05, 0) is 240 Å². The number of hydrogen-bond acceptors (Lipinski definition) is 9. The van der Waals surface area contributed by atoms with E-state index < -0.39 is 0 Å². The van der Waals surface area contributed by atoms with Crippen molar-refractivity contribution >= 4 is 87.3 Å². The van der Waals surface area contributed by atoms with Gasteiger partial charge in [0.25, 0.3) is 0 Å². The first kappa shape index (κ1) is 96.2. The number of nitrogens with zero attached hydrogens (tertiary/aromatic N) is 7. The molecule has 7 nitrogen and oxygen atoms in total.